The van der Waals surface area contributed by atoms with Crippen molar-refractivity contribution >= 4 is 23.4 Å². The summed E-state index contributed by atoms with van der Waals surface area (Å²) in [5.74, 6) is 4.36. The van der Waals surface area contributed by atoms with E-state index in [1.165, 1.54) is 23.3 Å². The standard InChI is InChI=1S/C34H35F3N6O5/c35-34(36,37)23-7-5-20(6-8-23)32(45)41-24-9-12-29-27(17-24)33(46)43(14-13-39-42-38)28-11-10-26(48-30(28)19-47-29)18-31(44)40-25-15-21-3-1-2-4-22(21)16-25/h1-9,12,17,25-26,28,30H,10-11,13-16,18-19H2,(H2,38,39)(H,40,44)(H,41,45)/t26-,28-,30-/m0/s1. The molecular weight excluding hydrogens is 629 g/mol. The fraction of sp³-hybridized carbons (Fsp3) is 0.382. The van der Waals surface area contributed by atoms with E-state index >= 15 is 0 Å². The minimum atomic E-state index is -4.52. The highest BCUT2D eigenvalue weighted by Gasteiger charge is 2.41. The van der Waals surface area contributed by atoms with E-state index in [-0.39, 0.29) is 66.7 Å². The van der Waals surface area contributed by atoms with Gasteiger partial charge in [0.2, 0.25) is 5.91 Å². The van der Waals surface area contributed by atoms with Gasteiger partial charge in [0.05, 0.1) is 36.2 Å². The lowest BCUT2D eigenvalue weighted by molar-refractivity contribution is -0.137. The van der Waals surface area contributed by atoms with Gasteiger partial charge in [0.1, 0.15) is 18.5 Å². The number of nitrogens with zero attached hydrogens (tertiary/aromatic N) is 3. The van der Waals surface area contributed by atoms with E-state index in [9.17, 15) is 27.6 Å². The van der Waals surface area contributed by atoms with Crippen molar-refractivity contribution in [3.63, 3.8) is 0 Å². The third-order valence-electron chi connectivity index (χ3n) is 8.94. The molecule has 0 unspecified atom stereocenters. The molecule has 2 heterocycles. The van der Waals surface area contributed by atoms with Crippen LogP contribution in [0.2, 0.25) is 0 Å². The van der Waals surface area contributed by atoms with Crippen molar-refractivity contribution in [2.75, 3.05) is 25.0 Å². The van der Waals surface area contributed by atoms with Crippen LogP contribution in [0.15, 0.2) is 77.1 Å². The van der Waals surface area contributed by atoms with Gasteiger partial charge in [0.25, 0.3) is 11.8 Å². The molecule has 0 radical (unpaired) electrons. The molecule has 0 spiro atoms. The second-order valence-electron chi connectivity index (χ2n) is 12.1. The van der Waals surface area contributed by atoms with E-state index in [0.29, 0.717) is 12.8 Å². The van der Waals surface area contributed by atoms with Crippen LogP contribution in [0, 0.1) is 0 Å². The van der Waals surface area contributed by atoms with Crippen LogP contribution >= 0.6 is 0 Å². The fourth-order valence-electron chi connectivity index (χ4n) is 6.63. The van der Waals surface area contributed by atoms with Crippen LogP contribution in [0.4, 0.5) is 18.9 Å². The maximum Gasteiger partial charge on any atom is 0.416 e. The number of ether oxygens (including phenoxy) is 2. The molecule has 3 aliphatic rings. The first-order valence-electron chi connectivity index (χ1n) is 15.7. The second-order valence-corrected chi connectivity index (χ2v) is 12.1. The largest absolute Gasteiger partial charge is 0.490 e. The van der Waals surface area contributed by atoms with Crippen molar-refractivity contribution in [3.8, 4) is 5.75 Å². The highest BCUT2D eigenvalue weighted by Crippen LogP contribution is 2.34. The lowest BCUT2D eigenvalue weighted by Crippen LogP contribution is -2.56. The zero-order valence-electron chi connectivity index (χ0n) is 25.9. The van der Waals surface area contributed by atoms with Gasteiger partial charge in [0, 0.05) is 23.8 Å². The Balaban J connectivity index is 1.14. The summed E-state index contributed by atoms with van der Waals surface area (Å²) in [6.45, 7) is 0.424. The third kappa shape index (κ3) is 7.43. The SMILES string of the molecule is NN=NCCN1C(=O)c2cc(NC(=O)c3ccc(C(F)(F)F)cc3)ccc2OC[C@@H]2O[C@H](CC(=O)NC3Cc4ccccc4C3)CC[C@@H]21. The topological polar surface area (TPSA) is 148 Å². The summed E-state index contributed by atoms with van der Waals surface area (Å²) in [7, 11) is 0. The Morgan fingerprint density at radius 2 is 1.73 bits per heavy atom. The van der Waals surface area contributed by atoms with E-state index < -0.39 is 35.7 Å². The van der Waals surface area contributed by atoms with E-state index in [0.717, 1.165) is 37.1 Å². The Morgan fingerprint density at radius 1 is 1.00 bits per heavy atom. The number of nitrogens with two attached hydrogens (primary N) is 1. The first kappa shape index (κ1) is 32.9. The molecule has 6 rings (SSSR count). The van der Waals surface area contributed by atoms with E-state index in [1.54, 1.807) is 11.0 Å². The van der Waals surface area contributed by atoms with Gasteiger partial charge in [-0.1, -0.05) is 29.5 Å². The van der Waals surface area contributed by atoms with Gasteiger partial charge in [-0.15, -0.1) is 0 Å². The Labute approximate surface area is 274 Å². The van der Waals surface area contributed by atoms with Gasteiger partial charge >= 0.3 is 6.18 Å². The summed E-state index contributed by atoms with van der Waals surface area (Å²) in [4.78, 5) is 41.5. The van der Waals surface area contributed by atoms with Crippen LogP contribution in [0.3, 0.4) is 0 Å². The minimum absolute atomic E-state index is 0.0184. The molecule has 11 nitrogen and oxygen atoms in total. The molecule has 2 aliphatic heterocycles. The zero-order chi connectivity index (χ0) is 33.8. The Morgan fingerprint density at radius 3 is 2.42 bits per heavy atom. The predicted octanol–water partition coefficient (Wildman–Crippen LogP) is 4.71. The molecule has 4 N–H and O–H groups in total. The summed E-state index contributed by atoms with van der Waals surface area (Å²) in [5, 5.41) is 12.9. The van der Waals surface area contributed by atoms with E-state index in [2.05, 4.69) is 33.1 Å². The summed E-state index contributed by atoms with van der Waals surface area (Å²) in [5.41, 5.74) is 2.09. The highest BCUT2D eigenvalue weighted by atomic mass is 19.4. The number of rotatable bonds is 8. The van der Waals surface area contributed by atoms with Crippen LogP contribution in [-0.4, -0.2) is 66.6 Å². The fourth-order valence-corrected chi connectivity index (χ4v) is 6.63. The zero-order valence-corrected chi connectivity index (χ0v) is 25.9. The van der Waals surface area contributed by atoms with Gasteiger partial charge in [-0.3, -0.25) is 14.4 Å². The molecule has 48 heavy (non-hydrogen) atoms. The number of hydrogen-bond donors (Lipinski definition) is 3. The Hall–Kier alpha value is -4.98. The average Bonchev–Trinajstić information content (AvgIpc) is 3.47. The molecule has 3 amide bonds. The van der Waals surface area contributed by atoms with Crippen molar-refractivity contribution in [2.45, 2.75) is 62.6 Å². The van der Waals surface area contributed by atoms with Crippen molar-refractivity contribution in [3.05, 3.63) is 94.5 Å². The molecular formula is C34H35F3N6O5. The molecule has 1 fully saturated rings. The van der Waals surface area contributed by atoms with E-state index in [1.807, 2.05) is 12.1 Å². The number of carbonyl (C=O) groups excluding carboxylic acids is 3. The Bertz CT molecular complexity index is 1670. The number of anilines is 1. The third-order valence-corrected chi connectivity index (χ3v) is 8.94. The minimum Gasteiger partial charge on any atom is -0.490 e. The number of nitrogens with one attached hydrogen (secondary N) is 2. The first-order valence-corrected chi connectivity index (χ1v) is 15.7. The molecule has 1 saturated heterocycles. The maximum absolute atomic E-state index is 14.0. The number of fused-ring (bicyclic) bond motifs is 3. The summed E-state index contributed by atoms with van der Waals surface area (Å²) in [6.07, 6.45) is -2.55. The monoisotopic (exact) mass is 664 g/mol. The molecule has 3 atom stereocenters. The number of alkyl halides is 3. The molecule has 14 heteroatoms. The summed E-state index contributed by atoms with van der Waals surface area (Å²) >= 11 is 0. The quantitative estimate of drug-likeness (QED) is 0.181. The van der Waals surface area contributed by atoms with Gasteiger partial charge in [-0.2, -0.15) is 18.3 Å². The highest BCUT2D eigenvalue weighted by molar-refractivity contribution is 6.05. The molecule has 3 aromatic rings. The molecule has 3 aromatic carbocycles. The van der Waals surface area contributed by atoms with Crippen molar-refractivity contribution in [1.82, 2.24) is 10.2 Å². The number of amides is 3. The lowest BCUT2D eigenvalue weighted by atomic mass is 9.94. The van der Waals surface area contributed by atoms with Crippen LogP contribution in [0.5, 0.6) is 5.75 Å². The van der Waals surface area contributed by atoms with Crippen LogP contribution in [-0.2, 0) is 28.5 Å². The second kappa shape index (κ2) is 14.0. The van der Waals surface area contributed by atoms with Gasteiger partial charge in [-0.05, 0) is 79.3 Å². The summed E-state index contributed by atoms with van der Waals surface area (Å²) < 4.78 is 51.3. The van der Waals surface area contributed by atoms with Gasteiger partial charge in [-0.25, -0.2) is 0 Å². The van der Waals surface area contributed by atoms with Crippen LogP contribution < -0.4 is 21.2 Å². The lowest BCUT2D eigenvalue weighted by Gasteiger charge is -2.43. The van der Waals surface area contributed by atoms with E-state index in [4.69, 9.17) is 15.3 Å². The number of carbonyl (C=O) groups is 3. The molecule has 0 aromatic heterocycles. The molecule has 1 aliphatic carbocycles. The number of benzene rings is 3. The predicted molar refractivity (Wildman–Crippen MR) is 168 cm³/mol. The Kier molecular flexibility index (Phi) is 9.62. The smallest absolute Gasteiger partial charge is 0.416 e. The molecule has 0 bridgehead atoms. The van der Waals surface area contributed by atoms with Gasteiger partial charge in [0.15, 0.2) is 0 Å². The first-order chi connectivity index (χ1) is 23.1. The molecule has 252 valence electrons. The molecule has 0 saturated carbocycles. The number of hydrogen-bond acceptors (Lipinski definition) is 7. The number of halogens is 3. The van der Waals surface area contributed by atoms with Crippen molar-refractivity contribution < 1.29 is 37.0 Å². The average molecular weight is 665 g/mol. The normalized spacial score (nSPS) is 21.0. The van der Waals surface area contributed by atoms with Crippen LogP contribution in [0.25, 0.3) is 0 Å². The van der Waals surface area contributed by atoms with Crippen molar-refractivity contribution in [1.29, 1.82) is 0 Å². The maximum atomic E-state index is 14.0. The summed E-state index contributed by atoms with van der Waals surface area (Å²) in [6, 6.07) is 16.2. The van der Waals surface area contributed by atoms with Crippen molar-refractivity contribution in [2.24, 2.45) is 16.2 Å². The van der Waals surface area contributed by atoms with Gasteiger partial charge < -0.3 is 30.8 Å². The van der Waals surface area contributed by atoms with Crippen LogP contribution in [0.1, 0.15) is 56.7 Å².